The van der Waals surface area contributed by atoms with E-state index in [9.17, 15) is 8.42 Å². The minimum Gasteiger partial charge on any atom is -0.326 e. The molecule has 1 aliphatic carbocycles. The van der Waals surface area contributed by atoms with E-state index in [0.717, 1.165) is 18.4 Å². The lowest BCUT2D eigenvalue weighted by Gasteiger charge is -2.17. The first-order valence-corrected chi connectivity index (χ1v) is 9.24. The molecular weight excluding hydrogens is 340 g/mol. The van der Waals surface area contributed by atoms with Crippen molar-refractivity contribution in [1.29, 1.82) is 0 Å². The maximum Gasteiger partial charge on any atom is 0.241 e. The molecule has 1 aliphatic rings. The van der Waals surface area contributed by atoms with E-state index in [0.29, 0.717) is 16.9 Å². The van der Waals surface area contributed by atoms with Gasteiger partial charge in [0.05, 0.1) is 4.90 Å². The molecule has 1 atom stereocenters. The summed E-state index contributed by atoms with van der Waals surface area (Å²) in [6, 6.07) is 5.21. The fourth-order valence-electron chi connectivity index (χ4n) is 2.22. The monoisotopic (exact) mass is 360 g/mol. The van der Waals surface area contributed by atoms with Crippen LogP contribution < -0.4 is 10.5 Å². The summed E-state index contributed by atoms with van der Waals surface area (Å²) in [5.41, 5.74) is 6.39. The second-order valence-electron chi connectivity index (χ2n) is 5.37. The molecule has 1 unspecified atom stereocenters. The third-order valence-electron chi connectivity index (χ3n) is 3.65. The molecule has 6 heteroatoms. The average molecular weight is 361 g/mol. The second-order valence-corrected chi connectivity index (χ2v) is 7.91. The summed E-state index contributed by atoms with van der Waals surface area (Å²) in [7, 11) is -3.51. The molecule has 0 saturated heterocycles. The van der Waals surface area contributed by atoms with Gasteiger partial charge in [0.2, 0.25) is 10.0 Å². The van der Waals surface area contributed by atoms with Gasteiger partial charge in [0.25, 0.3) is 0 Å². The van der Waals surface area contributed by atoms with Crippen molar-refractivity contribution in [2.24, 2.45) is 11.7 Å². The molecule has 3 N–H and O–H groups in total. The fourth-order valence-corrected chi connectivity index (χ4v) is 4.56. The first-order chi connectivity index (χ1) is 9.46. The third kappa shape index (κ3) is 4.04. The van der Waals surface area contributed by atoms with Gasteiger partial charge in [-0.05, 0) is 52.4 Å². The number of benzene rings is 1. The molecule has 0 aromatic heterocycles. The Balaban J connectivity index is 2.19. The topological polar surface area (TPSA) is 72.2 Å². The molecule has 0 bridgehead atoms. The summed E-state index contributed by atoms with van der Waals surface area (Å²) in [5, 5.41) is 0. The Morgan fingerprint density at radius 2 is 2.15 bits per heavy atom. The molecule has 1 fully saturated rings. The number of hydrogen-bond donors (Lipinski definition) is 2. The standard InChI is InChI=1S/C14H21BrN2O2S/c1-2-12(7-10-3-4-10)17-20(18,19)14-8-11(9-16)5-6-13(14)15/h5-6,8,10,12,17H,2-4,7,9,16H2,1H3. The van der Waals surface area contributed by atoms with Crippen LogP contribution in [0.15, 0.2) is 27.6 Å². The van der Waals surface area contributed by atoms with Crippen LogP contribution in [0, 0.1) is 5.92 Å². The Morgan fingerprint density at radius 3 is 2.70 bits per heavy atom. The average Bonchev–Trinajstić information content (AvgIpc) is 3.22. The Labute approximate surface area is 129 Å². The quantitative estimate of drug-likeness (QED) is 0.784. The molecule has 20 heavy (non-hydrogen) atoms. The SMILES string of the molecule is CCC(CC1CC1)NS(=O)(=O)c1cc(CN)ccc1Br. The predicted molar refractivity (Wildman–Crippen MR) is 83.8 cm³/mol. The number of rotatable bonds is 7. The van der Waals surface area contributed by atoms with Gasteiger partial charge in [0.1, 0.15) is 0 Å². The zero-order chi connectivity index (χ0) is 14.8. The largest absolute Gasteiger partial charge is 0.326 e. The molecule has 2 rings (SSSR count). The van der Waals surface area contributed by atoms with Crippen molar-refractivity contribution in [2.75, 3.05) is 0 Å². The molecule has 0 amide bonds. The van der Waals surface area contributed by atoms with Crippen LogP contribution in [0.3, 0.4) is 0 Å². The Kier molecular flexibility index (Phi) is 5.23. The molecule has 112 valence electrons. The van der Waals surface area contributed by atoms with Crippen LogP contribution in [0.2, 0.25) is 0 Å². The molecule has 0 radical (unpaired) electrons. The molecule has 4 nitrogen and oxygen atoms in total. The number of hydrogen-bond acceptors (Lipinski definition) is 3. The van der Waals surface area contributed by atoms with E-state index >= 15 is 0 Å². The molecule has 1 aromatic rings. The maximum atomic E-state index is 12.5. The zero-order valence-electron chi connectivity index (χ0n) is 11.6. The lowest BCUT2D eigenvalue weighted by atomic mass is 10.1. The first-order valence-electron chi connectivity index (χ1n) is 6.97. The predicted octanol–water partition coefficient (Wildman–Crippen LogP) is 2.76. The van der Waals surface area contributed by atoms with Crippen LogP contribution in [0.1, 0.15) is 38.2 Å². The Hall–Kier alpha value is -0.430. The molecular formula is C14H21BrN2O2S. The van der Waals surface area contributed by atoms with Crippen LogP contribution in [-0.4, -0.2) is 14.5 Å². The summed E-state index contributed by atoms with van der Waals surface area (Å²) in [5.74, 6) is 0.696. The molecule has 0 heterocycles. The van der Waals surface area contributed by atoms with Crippen molar-refractivity contribution in [3.8, 4) is 0 Å². The lowest BCUT2D eigenvalue weighted by molar-refractivity contribution is 0.495. The van der Waals surface area contributed by atoms with Crippen molar-refractivity contribution in [1.82, 2.24) is 4.72 Å². The smallest absolute Gasteiger partial charge is 0.241 e. The zero-order valence-corrected chi connectivity index (χ0v) is 14.0. The molecule has 1 saturated carbocycles. The van der Waals surface area contributed by atoms with Crippen molar-refractivity contribution in [3.63, 3.8) is 0 Å². The van der Waals surface area contributed by atoms with Crippen LogP contribution in [0.4, 0.5) is 0 Å². The summed E-state index contributed by atoms with van der Waals surface area (Å²) in [6.45, 7) is 2.34. The highest BCUT2D eigenvalue weighted by atomic mass is 79.9. The van der Waals surface area contributed by atoms with Gasteiger partial charge < -0.3 is 5.73 Å². The van der Waals surface area contributed by atoms with E-state index in [1.807, 2.05) is 13.0 Å². The van der Waals surface area contributed by atoms with Crippen LogP contribution in [0.25, 0.3) is 0 Å². The van der Waals surface area contributed by atoms with Gasteiger partial charge in [-0.2, -0.15) is 0 Å². The highest BCUT2D eigenvalue weighted by Crippen LogP contribution is 2.34. The van der Waals surface area contributed by atoms with Gasteiger partial charge >= 0.3 is 0 Å². The van der Waals surface area contributed by atoms with Gasteiger partial charge in [0.15, 0.2) is 0 Å². The van der Waals surface area contributed by atoms with Crippen molar-refractivity contribution >= 4 is 26.0 Å². The summed E-state index contributed by atoms with van der Waals surface area (Å²) < 4.78 is 28.4. The van der Waals surface area contributed by atoms with E-state index in [1.165, 1.54) is 12.8 Å². The van der Waals surface area contributed by atoms with Crippen LogP contribution in [-0.2, 0) is 16.6 Å². The van der Waals surface area contributed by atoms with Crippen molar-refractivity contribution in [2.45, 2.75) is 50.1 Å². The number of halogens is 1. The molecule has 1 aromatic carbocycles. The second kappa shape index (κ2) is 6.56. The van der Waals surface area contributed by atoms with Crippen molar-refractivity contribution in [3.05, 3.63) is 28.2 Å². The lowest BCUT2D eigenvalue weighted by Crippen LogP contribution is -2.35. The van der Waals surface area contributed by atoms with Crippen molar-refractivity contribution < 1.29 is 8.42 Å². The minimum absolute atomic E-state index is 0.0148. The Bertz CT molecular complexity index is 571. The highest BCUT2D eigenvalue weighted by Gasteiger charge is 2.28. The third-order valence-corrected chi connectivity index (χ3v) is 6.16. The van der Waals surface area contributed by atoms with E-state index in [4.69, 9.17) is 5.73 Å². The van der Waals surface area contributed by atoms with E-state index < -0.39 is 10.0 Å². The van der Waals surface area contributed by atoms with Gasteiger partial charge in [-0.1, -0.05) is 25.8 Å². The first kappa shape index (κ1) is 15.9. The fraction of sp³-hybridized carbons (Fsp3) is 0.571. The van der Waals surface area contributed by atoms with E-state index in [2.05, 4.69) is 20.7 Å². The summed E-state index contributed by atoms with van der Waals surface area (Å²) in [4.78, 5) is 0.273. The molecule has 0 aliphatic heterocycles. The van der Waals surface area contributed by atoms with Crippen LogP contribution >= 0.6 is 15.9 Å². The normalized spacial score (nSPS) is 17.1. The maximum absolute atomic E-state index is 12.5. The van der Waals surface area contributed by atoms with Gasteiger partial charge in [-0.3, -0.25) is 0 Å². The number of sulfonamides is 1. The molecule has 0 spiro atoms. The number of nitrogens with two attached hydrogens (primary N) is 1. The number of nitrogens with one attached hydrogen (secondary N) is 1. The summed E-state index contributed by atoms with van der Waals surface area (Å²) in [6.07, 6.45) is 4.20. The van der Waals surface area contributed by atoms with Gasteiger partial charge in [-0.15, -0.1) is 0 Å². The van der Waals surface area contributed by atoms with Gasteiger partial charge in [0, 0.05) is 17.1 Å². The minimum atomic E-state index is -3.51. The van der Waals surface area contributed by atoms with Crippen LogP contribution in [0.5, 0.6) is 0 Å². The highest BCUT2D eigenvalue weighted by molar-refractivity contribution is 9.10. The van der Waals surface area contributed by atoms with E-state index in [1.54, 1.807) is 12.1 Å². The Morgan fingerprint density at radius 1 is 1.45 bits per heavy atom. The summed E-state index contributed by atoms with van der Waals surface area (Å²) >= 11 is 3.31. The van der Waals surface area contributed by atoms with Gasteiger partial charge in [-0.25, -0.2) is 13.1 Å². The van der Waals surface area contributed by atoms with E-state index in [-0.39, 0.29) is 10.9 Å².